The van der Waals surface area contributed by atoms with Crippen LogP contribution in [0.15, 0.2) is 46.2 Å². The van der Waals surface area contributed by atoms with Gasteiger partial charge in [0.2, 0.25) is 10.0 Å². The van der Waals surface area contributed by atoms with Crippen molar-refractivity contribution < 1.29 is 22.7 Å². The number of nitrogens with one attached hydrogen (secondary N) is 1. The van der Waals surface area contributed by atoms with Gasteiger partial charge in [0.05, 0.1) is 26.4 Å². The zero-order chi connectivity index (χ0) is 22.0. The molecule has 1 N–H and O–H groups in total. The standard InChI is InChI=1S/C21H23ClN2O5S2/c1-28-18-4-2-14(12-20(18)31(26,27)24-7-9-29-10-8-24)21(25)23-17-6-11-30-19-5-3-15(22)13-16(17)19/h2-5,12-13,17H,6-11H2,1H3,(H,23,25)/t17-/m1/s1. The van der Waals surface area contributed by atoms with Crippen molar-refractivity contribution in [1.29, 1.82) is 0 Å². The molecule has 2 aromatic rings. The smallest absolute Gasteiger partial charge is 0.251 e. The van der Waals surface area contributed by atoms with Crippen LogP contribution in [0.2, 0.25) is 5.02 Å². The summed E-state index contributed by atoms with van der Waals surface area (Å²) in [5.41, 5.74) is 1.24. The number of hydrogen-bond donors (Lipinski definition) is 1. The molecule has 0 spiro atoms. The Morgan fingerprint density at radius 1 is 1.23 bits per heavy atom. The van der Waals surface area contributed by atoms with Gasteiger partial charge in [-0.25, -0.2) is 8.42 Å². The van der Waals surface area contributed by atoms with Crippen molar-refractivity contribution in [3.8, 4) is 5.75 Å². The van der Waals surface area contributed by atoms with Gasteiger partial charge in [-0.15, -0.1) is 11.8 Å². The number of amides is 1. The van der Waals surface area contributed by atoms with Gasteiger partial charge in [-0.1, -0.05) is 11.6 Å². The lowest BCUT2D eigenvalue weighted by molar-refractivity contribution is 0.0729. The SMILES string of the molecule is COc1ccc(C(=O)N[C@@H]2CCSc3ccc(Cl)cc32)cc1S(=O)(=O)N1CCOCC1. The van der Waals surface area contributed by atoms with E-state index in [1.54, 1.807) is 17.8 Å². The molecular weight excluding hydrogens is 460 g/mol. The Labute approximate surface area is 191 Å². The van der Waals surface area contributed by atoms with Gasteiger partial charge in [0.25, 0.3) is 5.91 Å². The molecule has 0 aromatic heterocycles. The molecule has 1 fully saturated rings. The molecular formula is C21H23ClN2O5S2. The second-order valence-corrected chi connectivity index (χ2v) is 10.7. The van der Waals surface area contributed by atoms with E-state index in [4.69, 9.17) is 21.1 Å². The molecule has 2 aliphatic heterocycles. The van der Waals surface area contributed by atoms with Gasteiger partial charge in [0.1, 0.15) is 10.6 Å². The van der Waals surface area contributed by atoms with Gasteiger partial charge in [0, 0.05) is 34.3 Å². The Bertz CT molecular complexity index is 1090. The maximum Gasteiger partial charge on any atom is 0.251 e. The second-order valence-electron chi connectivity index (χ2n) is 7.23. The summed E-state index contributed by atoms with van der Waals surface area (Å²) in [5, 5.41) is 3.65. The number of hydrogen-bond acceptors (Lipinski definition) is 6. The quantitative estimate of drug-likeness (QED) is 0.703. The molecule has 2 aromatic carbocycles. The number of nitrogens with zero attached hydrogens (tertiary/aromatic N) is 1. The average molecular weight is 483 g/mol. The largest absolute Gasteiger partial charge is 0.495 e. The third kappa shape index (κ3) is 4.70. The van der Waals surface area contributed by atoms with Crippen LogP contribution in [0.1, 0.15) is 28.4 Å². The third-order valence-electron chi connectivity index (χ3n) is 5.33. The number of carbonyl (C=O) groups is 1. The van der Waals surface area contributed by atoms with Gasteiger partial charge in [-0.2, -0.15) is 4.31 Å². The number of morpholine rings is 1. The summed E-state index contributed by atoms with van der Waals surface area (Å²) < 4.78 is 38.2. The number of carbonyl (C=O) groups excluding carboxylic acids is 1. The first-order valence-corrected chi connectivity index (χ1v) is 12.7. The molecule has 0 saturated carbocycles. The number of thioether (sulfide) groups is 1. The Balaban J connectivity index is 1.62. The average Bonchev–Trinajstić information content (AvgIpc) is 2.79. The lowest BCUT2D eigenvalue weighted by Gasteiger charge is -2.27. The van der Waals surface area contributed by atoms with Gasteiger partial charge in [-0.05, 0) is 48.4 Å². The first kappa shape index (κ1) is 22.4. The van der Waals surface area contributed by atoms with Crippen molar-refractivity contribution in [2.24, 2.45) is 0 Å². The molecule has 0 aliphatic carbocycles. The van der Waals surface area contributed by atoms with Crippen molar-refractivity contribution in [2.75, 3.05) is 39.2 Å². The van der Waals surface area contributed by atoms with Crippen molar-refractivity contribution >= 4 is 39.3 Å². The maximum absolute atomic E-state index is 13.2. The zero-order valence-electron chi connectivity index (χ0n) is 17.0. The summed E-state index contributed by atoms with van der Waals surface area (Å²) in [6.45, 7) is 1.20. The molecule has 2 aliphatic rings. The zero-order valence-corrected chi connectivity index (χ0v) is 19.4. The summed E-state index contributed by atoms with van der Waals surface area (Å²) >= 11 is 7.89. The Kier molecular flexibility index (Phi) is 6.78. The normalized spacial score (nSPS) is 19.5. The molecule has 0 bridgehead atoms. The van der Waals surface area contributed by atoms with E-state index in [-0.39, 0.29) is 41.2 Å². The number of rotatable bonds is 5. The minimum absolute atomic E-state index is 0.0211. The number of ether oxygens (including phenoxy) is 2. The van der Waals surface area contributed by atoms with Crippen molar-refractivity contribution in [2.45, 2.75) is 22.3 Å². The molecule has 4 rings (SSSR count). The Morgan fingerprint density at radius 2 is 2.00 bits per heavy atom. The first-order valence-electron chi connectivity index (χ1n) is 9.89. The van der Waals surface area contributed by atoms with Crippen molar-refractivity contribution in [1.82, 2.24) is 9.62 Å². The third-order valence-corrected chi connectivity index (χ3v) is 8.61. The monoisotopic (exact) mass is 482 g/mol. The lowest BCUT2D eigenvalue weighted by atomic mass is 10.0. The molecule has 31 heavy (non-hydrogen) atoms. The van der Waals surface area contributed by atoms with E-state index in [0.717, 1.165) is 22.6 Å². The Hall–Kier alpha value is -1.78. The highest BCUT2D eigenvalue weighted by Crippen LogP contribution is 2.38. The Morgan fingerprint density at radius 3 is 2.74 bits per heavy atom. The second kappa shape index (κ2) is 9.38. The molecule has 0 unspecified atom stereocenters. The fraction of sp³-hybridized carbons (Fsp3) is 0.381. The van der Waals surface area contributed by atoms with Gasteiger partial charge in [0.15, 0.2) is 0 Å². The van der Waals surface area contributed by atoms with Crippen LogP contribution in [0, 0.1) is 0 Å². The first-order chi connectivity index (χ1) is 14.9. The highest BCUT2D eigenvalue weighted by Gasteiger charge is 2.30. The van der Waals surface area contributed by atoms with Gasteiger partial charge in [-0.3, -0.25) is 4.79 Å². The number of halogens is 1. The van der Waals surface area contributed by atoms with Crippen LogP contribution in [0.25, 0.3) is 0 Å². The lowest BCUT2D eigenvalue weighted by Crippen LogP contribution is -2.40. The summed E-state index contributed by atoms with van der Waals surface area (Å²) in [6.07, 6.45) is 0.763. The van der Waals surface area contributed by atoms with E-state index in [9.17, 15) is 13.2 Å². The van der Waals surface area contributed by atoms with E-state index in [2.05, 4.69) is 5.32 Å². The topological polar surface area (TPSA) is 84.9 Å². The van der Waals surface area contributed by atoms with Crippen LogP contribution >= 0.6 is 23.4 Å². The number of benzene rings is 2. The molecule has 0 radical (unpaired) electrons. The van der Waals surface area contributed by atoms with Crippen LogP contribution in [0.5, 0.6) is 5.75 Å². The summed E-state index contributed by atoms with van der Waals surface area (Å²) in [7, 11) is -2.41. The van der Waals surface area contributed by atoms with E-state index < -0.39 is 10.0 Å². The van der Waals surface area contributed by atoms with Crippen molar-refractivity contribution in [3.63, 3.8) is 0 Å². The summed E-state index contributed by atoms with van der Waals surface area (Å²) in [4.78, 5) is 14.1. The maximum atomic E-state index is 13.2. The molecule has 2 heterocycles. The van der Waals surface area contributed by atoms with Crippen LogP contribution in [-0.2, 0) is 14.8 Å². The molecule has 1 amide bonds. The minimum Gasteiger partial charge on any atom is -0.495 e. The molecule has 1 saturated heterocycles. The predicted octanol–water partition coefficient (Wildman–Crippen LogP) is 3.34. The van der Waals surface area contributed by atoms with Crippen LogP contribution in [0.4, 0.5) is 0 Å². The number of methoxy groups -OCH3 is 1. The van der Waals surface area contributed by atoms with Gasteiger partial charge < -0.3 is 14.8 Å². The molecule has 1 atom stereocenters. The number of sulfonamides is 1. The van der Waals surface area contributed by atoms with Crippen LogP contribution in [0.3, 0.4) is 0 Å². The van der Waals surface area contributed by atoms with Crippen LogP contribution in [-0.4, -0.2) is 57.8 Å². The predicted molar refractivity (Wildman–Crippen MR) is 120 cm³/mol. The molecule has 10 heteroatoms. The fourth-order valence-corrected chi connectivity index (χ4v) is 6.58. The highest BCUT2D eigenvalue weighted by molar-refractivity contribution is 7.99. The number of fused-ring (bicyclic) bond motifs is 1. The summed E-state index contributed by atoms with van der Waals surface area (Å²) in [6, 6.07) is 9.95. The minimum atomic E-state index is -3.82. The summed E-state index contributed by atoms with van der Waals surface area (Å²) in [5.74, 6) is 0.733. The molecule has 166 valence electrons. The van der Waals surface area contributed by atoms with Gasteiger partial charge >= 0.3 is 0 Å². The van der Waals surface area contributed by atoms with E-state index in [0.29, 0.717) is 18.2 Å². The molecule has 7 nitrogen and oxygen atoms in total. The van der Waals surface area contributed by atoms with E-state index in [1.807, 2.05) is 18.2 Å². The van der Waals surface area contributed by atoms with Crippen molar-refractivity contribution in [3.05, 3.63) is 52.5 Å². The highest BCUT2D eigenvalue weighted by atomic mass is 35.5. The fourth-order valence-electron chi connectivity index (χ4n) is 3.70. The van der Waals surface area contributed by atoms with E-state index >= 15 is 0 Å². The van der Waals surface area contributed by atoms with E-state index in [1.165, 1.54) is 23.5 Å². The van der Waals surface area contributed by atoms with Crippen LogP contribution < -0.4 is 10.1 Å².